The van der Waals surface area contributed by atoms with Crippen LogP contribution in [-0.4, -0.2) is 43.4 Å². The van der Waals surface area contributed by atoms with E-state index >= 15 is 0 Å². The number of benzene rings is 5. The number of nitrogens with zero attached hydrogens (tertiary/aromatic N) is 1. The Balaban J connectivity index is 1.85. The van der Waals surface area contributed by atoms with Crippen LogP contribution in [0.5, 0.6) is 0 Å². The second-order valence-electron chi connectivity index (χ2n) is 8.44. The minimum absolute atomic E-state index is 0.368. The summed E-state index contributed by atoms with van der Waals surface area (Å²) in [6.45, 7) is 0. The normalized spacial score (nSPS) is 15.5. The van der Waals surface area contributed by atoms with Gasteiger partial charge in [-0.1, -0.05) is 39.6 Å². The number of hydrogen-bond donors (Lipinski definition) is 1. The zero-order chi connectivity index (χ0) is 22.9. The maximum absolute atomic E-state index is 13.0. The Morgan fingerprint density at radius 1 is 0.697 bits per heavy atom. The molecule has 0 aromatic heterocycles. The van der Waals surface area contributed by atoms with Gasteiger partial charge in [0.05, 0.1) is 0 Å². The molecule has 0 saturated heterocycles. The van der Waals surface area contributed by atoms with Crippen LogP contribution in [0, 0.1) is 0 Å². The molecule has 2 radical (unpaired) electrons. The molecule has 5 aromatic rings. The minimum atomic E-state index is -0.458. The van der Waals surface area contributed by atoms with Crippen molar-refractivity contribution in [2.24, 2.45) is 0 Å². The number of rotatable bonds is 0. The summed E-state index contributed by atoms with van der Waals surface area (Å²) in [5, 5.41) is 8.02. The molecule has 0 aliphatic carbocycles. The summed E-state index contributed by atoms with van der Waals surface area (Å²) < 4.78 is 0.670. The number of amides is 4. The van der Waals surface area contributed by atoms with E-state index in [2.05, 4.69) is 21.2 Å². The Hall–Kier alpha value is -3.78. The second kappa shape index (κ2) is 5.77. The van der Waals surface area contributed by atoms with Crippen LogP contribution in [0.1, 0.15) is 41.4 Å². The van der Waals surface area contributed by atoms with E-state index in [0.29, 0.717) is 48.3 Å². The third-order valence-electron chi connectivity index (χ3n) is 6.87. The average Bonchev–Trinajstić information content (AvgIpc) is 2.79. The van der Waals surface area contributed by atoms with Crippen molar-refractivity contribution in [3.63, 3.8) is 0 Å². The fourth-order valence-electron chi connectivity index (χ4n) is 5.50. The summed E-state index contributed by atoms with van der Waals surface area (Å²) in [5.74, 6) is -1.68. The molecule has 4 amide bonds. The van der Waals surface area contributed by atoms with Gasteiger partial charge in [0.15, 0.2) is 0 Å². The van der Waals surface area contributed by atoms with Crippen molar-refractivity contribution in [1.29, 1.82) is 0 Å². The van der Waals surface area contributed by atoms with E-state index in [0.717, 1.165) is 31.8 Å². The van der Waals surface area contributed by atoms with Gasteiger partial charge in [-0.15, -0.1) is 0 Å². The Morgan fingerprint density at radius 2 is 1.27 bits per heavy atom. The molecule has 7 rings (SSSR count). The van der Waals surface area contributed by atoms with E-state index in [1.54, 1.807) is 24.3 Å². The van der Waals surface area contributed by atoms with Crippen LogP contribution in [0.4, 0.5) is 0 Å². The number of hydrogen-bond acceptors (Lipinski definition) is 4. The standard InChI is InChI=1S/C25H10BBrN2O4/c1-29-24(32)11-5-3-9-19-15(27)7-12-16-10(22(30)28-23(12)31)4-2-8(21(16)19)18-14(26)6-13(25(29)33)17(11)20(9)18/h2-7H,1H3,(H,28,30,31). The van der Waals surface area contributed by atoms with Gasteiger partial charge in [0.25, 0.3) is 23.6 Å². The molecule has 2 heterocycles. The molecule has 1 N–H and O–H groups in total. The third kappa shape index (κ3) is 2.01. The van der Waals surface area contributed by atoms with Crippen LogP contribution >= 0.6 is 15.9 Å². The lowest BCUT2D eigenvalue weighted by atomic mass is 9.77. The summed E-state index contributed by atoms with van der Waals surface area (Å²) in [6, 6.07) is 10.4. The second-order valence-corrected chi connectivity index (χ2v) is 9.30. The minimum Gasteiger partial charge on any atom is -0.288 e. The summed E-state index contributed by atoms with van der Waals surface area (Å²) in [7, 11) is 7.98. The smallest absolute Gasteiger partial charge is 0.261 e. The molecule has 8 heteroatoms. The van der Waals surface area contributed by atoms with Crippen molar-refractivity contribution in [3.8, 4) is 0 Å². The highest BCUT2D eigenvalue weighted by Gasteiger charge is 2.34. The monoisotopic (exact) mass is 492 g/mol. The topological polar surface area (TPSA) is 83.6 Å². The van der Waals surface area contributed by atoms with E-state index in [9.17, 15) is 19.2 Å². The average molecular weight is 493 g/mol. The van der Waals surface area contributed by atoms with Gasteiger partial charge < -0.3 is 0 Å². The molecule has 0 unspecified atom stereocenters. The fraction of sp³-hybridized carbons (Fsp3) is 0.0400. The van der Waals surface area contributed by atoms with Gasteiger partial charge in [-0.2, -0.15) is 0 Å². The Kier molecular flexibility index (Phi) is 3.28. The maximum atomic E-state index is 13.0. The number of halogens is 1. The maximum Gasteiger partial charge on any atom is 0.261 e. The first-order chi connectivity index (χ1) is 15.8. The molecular weight excluding hydrogens is 483 g/mol. The Bertz CT molecular complexity index is 1860. The molecule has 0 atom stereocenters. The van der Waals surface area contributed by atoms with E-state index in [-0.39, 0.29) is 5.91 Å². The Morgan fingerprint density at radius 3 is 2.03 bits per heavy atom. The molecule has 2 aliphatic heterocycles. The largest absolute Gasteiger partial charge is 0.288 e. The number of imide groups is 2. The molecule has 33 heavy (non-hydrogen) atoms. The molecule has 0 fully saturated rings. The van der Waals surface area contributed by atoms with Gasteiger partial charge in [-0.25, -0.2) is 0 Å². The molecule has 6 nitrogen and oxygen atoms in total. The van der Waals surface area contributed by atoms with Crippen LogP contribution in [0.3, 0.4) is 0 Å². The molecule has 5 aromatic carbocycles. The number of fused-ring (bicyclic) bond motifs is 2. The quantitative estimate of drug-likeness (QED) is 0.155. The lowest BCUT2D eigenvalue weighted by Crippen LogP contribution is -2.37. The van der Waals surface area contributed by atoms with Crippen molar-refractivity contribution in [3.05, 3.63) is 63.1 Å². The summed E-state index contributed by atoms with van der Waals surface area (Å²) >= 11 is 3.63. The highest BCUT2D eigenvalue weighted by molar-refractivity contribution is 9.10. The molecule has 154 valence electrons. The van der Waals surface area contributed by atoms with Crippen molar-refractivity contribution >= 4 is 96.0 Å². The molecule has 0 spiro atoms. The fourth-order valence-corrected chi connectivity index (χ4v) is 6.14. The van der Waals surface area contributed by atoms with Crippen molar-refractivity contribution in [2.45, 2.75) is 0 Å². The highest BCUT2D eigenvalue weighted by atomic mass is 79.9. The summed E-state index contributed by atoms with van der Waals surface area (Å²) in [4.78, 5) is 52.2. The van der Waals surface area contributed by atoms with Gasteiger partial charge >= 0.3 is 0 Å². The first-order valence-corrected chi connectivity index (χ1v) is 11.0. The van der Waals surface area contributed by atoms with Crippen LogP contribution in [0.15, 0.2) is 40.9 Å². The van der Waals surface area contributed by atoms with Gasteiger partial charge in [0, 0.05) is 55.3 Å². The molecule has 0 bridgehead atoms. The van der Waals surface area contributed by atoms with E-state index in [4.69, 9.17) is 7.85 Å². The van der Waals surface area contributed by atoms with Crippen molar-refractivity contribution < 1.29 is 19.2 Å². The van der Waals surface area contributed by atoms with E-state index < -0.39 is 17.7 Å². The number of carbonyl (C=O) groups is 4. The summed E-state index contributed by atoms with van der Waals surface area (Å²) in [5.41, 5.74) is 2.02. The first kappa shape index (κ1) is 18.8. The SMILES string of the molecule is [B]c1cc2c3c(ccc4c5c(Br)cc6c7c(ccc(c1c34)c75)C(=O)NC6=O)C(=O)N(C)C2=O. The van der Waals surface area contributed by atoms with Crippen molar-refractivity contribution in [2.75, 3.05) is 7.05 Å². The Labute approximate surface area is 195 Å². The predicted molar refractivity (Wildman–Crippen MR) is 129 cm³/mol. The van der Waals surface area contributed by atoms with Crippen LogP contribution in [0.25, 0.3) is 43.1 Å². The van der Waals surface area contributed by atoms with E-state index in [1.807, 2.05) is 12.1 Å². The molecular formula is C25H10BBrN2O4. The lowest BCUT2D eigenvalue weighted by Gasteiger charge is -2.28. The van der Waals surface area contributed by atoms with Gasteiger partial charge in [-0.3, -0.25) is 29.4 Å². The van der Waals surface area contributed by atoms with Gasteiger partial charge in [0.2, 0.25) is 0 Å². The molecule has 0 saturated carbocycles. The number of carbonyl (C=O) groups excluding carboxylic acids is 4. The zero-order valence-electron chi connectivity index (χ0n) is 17.0. The summed E-state index contributed by atoms with van der Waals surface area (Å²) in [6.07, 6.45) is 0. The predicted octanol–water partition coefficient (Wildman–Crippen LogP) is 3.40. The lowest BCUT2D eigenvalue weighted by molar-refractivity contribution is 0.0649. The van der Waals surface area contributed by atoms with Crippen LogP contribution in [-0.2, 0) is 0 Å². The van der Waals surface area contributed by atoms with Gasteiger partial charge in [0.1, 0.15) is 7.85 Å². The van der Waals surface area contributed by atoms with Crippen LogP contribution in [0.2, 0.25) is 0 Å². The highest BCUT2D eigenvalue weighted by Crippen LogP contribution is 2.47. The third-order valence-corrected chi connectivity index (χ3v) is 7.50. The van der Waals surface area contributed by atoms with Crippen LogP contribution < -0.4 is 10.8 Å². The van der Waals surface area contributed by atoms with E-state index in [1.165, 1.54) is 7.05 Å². The van der Waals surface area contributed by atoms with Crippen molar-refractivity contribution in [1.82, 2.24) is 10.2 Å². The number of nitrogens with one attached hydrogen (secondary N) is 1. The zero-order valence-corrected chi connectivity index (χ0v) is 18.6. The molecule has 2 aliphatic rings. The first-order valence-electron chi connectivity index (χ1n) is 10.2. The van der Waals surface area contributed by atoms with Gasteiger partial charge in [-0.05, 0) is 39.7 Å².